The Morgan fingerprint density at radius 3 is 2.96 bits per heavy atom. The van der Waals surface area contributed by atoms with Gasteiger partial charge in [-0.25, -0.2) is 9.37 Å². The highest BCUT2D eigenvalue weighted by Gasteiger charge is 2.21. The molecule has 1 aromatic carbocycles. The van der Waals surface area contributed by atoms with Crippen LogP contribution in [0.25, 0.3) is 0 Å². The lowest BCUT2D eigenvalue weighted by Crippen LogP contribution is -2.35. The van der Waals surface area contributed by atoms with E-state index in [1.807, 2.05) is 25.2 Å². The van der Waals surface area contributed by atoms with Crippen molar-refractivity contribution in [2.24, 2.45) is 5.92 Å². The number of likely N-dealkylation sites (tertiary alicyclic amines) is 1. The number of hydrogen-bond acceptors (Lipinski definition) is 5. The van der Waals surface area contributed by atoms with Gasteiger partial charge >= 0.3 is 0 Å². The molecule has 146 valence electrons. The molecule has 5 nitrogen and oxygen atoms in total. The Bertz CT molecular complexity index is 764. The van der Waals surface area contributed by atoms with Crippen molar-refractivity contribution in [2.45, 2.75) is 32.2 Å². The van der Waals surface area contributed by atoms with Crippen molar-refractivity contribution in [2.75, 3.05) is 37.4 Å². The Kier molecular flexibility index (Phi) is 6.79. The molecule has 0 spiro atoms. The quantitative estimate of drug-likeness (QED) is 0.777. The number of halogens is 1. The van der Waals surface area contributed by atoms with Crippen LogP contribution >= 0.6 is 11.3 Å². The molecule has 0 radical (unpaired) electrons. The summed E-state index contributed by atoms with van der Waals surface area (Å²) in [6, 6.07) is 6.29. The zero-order chi connectivity index (χ0) is 19.2. The fraction of sp³-hybridized carbons (Fsp3) is 0.500. The maximum atomic E-state index is 13.6. The van der Waals surface area contributed by atoms with Gasteiger partial charge in [0.15, 0.2) is 5.13 Å². The van der Waals surface area contributed by atoms with E-state index in [0.717, 1.165) is 44.0 Å². The number of amides is 1. The van der Waals surface area contributed by atoms with Crippen molar-refractivity contribution < 1.29 is 9.18 Å². The fourth-order valence-corrected chi connectivity index (χ4v) is 4.31. The number of benzene rings is 1. The zero-order valence-electron chi connectivity index (χ0n) is 15.9. The van der Waals surface area contributed by atoms with Crippen LogP contribution in [0, 0.1) is 11.7 Å². The molecule has 7 heteroatoms. The molecule has 1 fully saturated rings. The van der Waals surface area contributed by atoms with Crippen LogP contribution in [0.5, 0.6) is 0 Å². The molecule has 2 heterocycles. The maximum Gasteiger partial charge on any atom is 0.224 e. The lowest BCUT2D eigenvalue weighted by molar-refractivity contribution is -0.116. The first-order chi connectivity index (χ1) is 13.0. The monoisotopic (exact) mass is 390 g/mol. The molecule has 1 amide bonds. The molecule has 3 rings (SSSR count). The molecule has 1 aliphatic heterocycles. The summed E-state index contributed by atoms with van der Waals surface area (Å²) in [6.45, 7) is 3.01. The van der Waals surface area contributed by atoms with Gasteiger partial charge in [-0.05, 0) is 43.9 Å². The van der Waals surface area contributed by atoms with E-state index in [4.69, 9.17) is 0 Å². The number of nitrogens with one attached hydrogen (secondary N) is 1. The smallest absolute Gasteiger partial charge is 0.224 e. The number of nitrogens with zero attached hydrogens (tertiary/aromatic N) is 3. The molecule has 2 aromatic rings. The van der Waals surface area contributed by atoms with Crippen molar-refractivity contribution in [3.05, 3.63) is 41.2 Å². The van der Waals surface area contributed by atoms with Gasteiger partial charge in [-0.1, -0.05) is 12.1 Å². The molecule has 0 bridgehead atoms. The highest BCUT2D eigenvalue weighted by Crippen LogP contribution is 2.26. The number of aromatic nitrogens is 1. The average Bonchev–Trinajstić information content (AvgIpc) is 3.11. The van der Waals surface area contributed by atoms with E-state index in [0.29, 0.717) is 12.3 Å². The summed E-state index contributed by atoms with van der Waals surface area (Å²) in [7, 11) is 4.01. The standard InChI is InChI=1S/C20H27FN4OS/c1-24(2)20-22-12-16(27-20)14-25-11-5-6-15(13-25)9-10-19(26)23-18-8-4-3-7-17(18)21/h3-4,7-8,12,15H,5-6,9-11,13-14H2,1-2H3,(H,23,26). The van der Waals surface area contributed by atoms with Crippen LogP contribution < -0.4 is 10.2 Å². The molecule has 0 saturated carbocycles. The Morgan fingerprint density at radius 1 is 1.41 bits per heavy atom. The molecular weight excluding hydrogens is 363 g/mol. The Labute approximate surface area is 164 Å². The number of rotatable bonds is 7. The minimum absolute atomic E-state index is 0.115. The first-order valence-corrected chi connectivity index (χ1v) is 10.2. The second kappa shape index (κ2) is 9.28. The van der Waals surface area contributed by atoms with Gasteiger partial charge in [0, 0.05) is 44.7 Å². The predicted molar refractivity (Wildman–Crippen MR) is 109 cm³/mol. The largest absolute Gasteiger partial charge is 0.354 e. The second-order valence-electron chi connectivity index (χ2n) is 7.31. The molecular formula is C20H27FN4OS. The second-order valence-corrected chi connectivity index (χ2v) is 8.41. The molecule has 27 heavy (non-hydrogen) atoms. The van der Waals surface area contributed by atoms with Crippen LogP contribution in [0.15, 0.2) is 30.5 Å². The molecule has 0 aliphatic carbocycles. The Morgan fingerprint density at radius 2 is 2.22 bits per heavy atom. The highest BCUT2D eigenvalue weighted by atomic mass is 32.1. The van der Waals surface area contributed by atoms with Crippen LogP contribution in [0.1, 0.15) is 30.6 Å². The fourth-order valence-electron chi connectivity index (χ4n) is 3.44. The summed E-state index contributed by atoms with van der Waals surface area (Å²) in [4.78, 5) is 22.3. The van der Waals surface area contributed by atoms with Crippen molar-refractivity contribution in [1.29, 1.82) is 0 Å². The molecule has 1 aliphatic rings. The number of para-hydroxylation sites is 1. The third-order valence-corrected chi connectivity index (χ3v) is 5.98. The molecule has 1 aromatic heterocycles. The number of carbonyl (C=O) groups is 1. The van der Waals surface area contributed by atoms with Crippen LogP contribution in [0.3, 0.4) is 0 Å². The zero-order valence-corrected chi connectivity index (χ0v) is 16.8. The summed E-state index contributed by atoms with van der Waals surface area (Å²) in [5.41, 5.74) is 0.259. The highest BCUT2D eigenvalue weighted by molar-refractivity contribution is 7.15. The molecule has 1 unspecified atom stereocenters. The van der Waals surface area contributed by atoms with E-state index in [1.54, 1.807) is 29.5 Å². The third kappa shape index (κ3) is 5.74. The van der Waals surface area contributed by atoms with Crippen LogP contribution in [0.2, 0.25) is 0 Å². The molecule has 1 saturated heterocycles. The number of anilines is 2. The normalized spacial score (nSPS) is 17.7. The summed E-state index contributed by atoms with van der Waals surface area (Å²) >= 11 is 1.73. The van der Waals surface area contributed by atoms with E-state index in [2.05, 4.69) is 15.2 Å². The number of thiazole rings is 1. The van der Waals surface area contributed by atoms with E-state index in [1.165, 1.54) is 10.9 Å². The van der Waals surface area contributed by atoms with Crippen molar-refractivity contribution in [3.8, 4) is 0 Å². The first kappa shape index (κ1) is 19.8. The minimum Gasteiger partial charge on any atom is -0.354 e. The van der Waals surface area contributed by atoms with Gasteiger partial charge in [0.2, 0.25) is 5.91 Å². The van der Waals surface area contributed by atoms with Gasteiger partial charge in [0.05, 0.1) is 5.69 Å². The van der Waals surface area contributed by atoms with E-state index in [-0.39, 0.29) is 11.6 Å². The summed E-state index contributed by atoms with van der Waals surface area (Å²) in [5.74, 6) is -0.00184. The van der Waals surface area contributed by atoms with Gasteiger partial charge < -0.3 is 10.2 Å². The first-order valence-electron chi connectivity index (χ1n) is 9.40. The predicted octanol–water partition coefficient (Wildman–Crippen LogP) is 3.98. The number of carbonyl (C=O) groups excluding carboxylic acids is 1. The van der Waals surface area contributed by atoms with Gasteiger partial charge in [-0.15, -0.1) is 11.3 Å². The van der Waals surface area contributed by atoms with Crippen LogP contribution in [-0.4, -0.2) is 43.0 Å². The van der Waals surface area contributed by atoms with Crippen molar-refractivity contribution >= 4 is 28.1 Å². The number of piperidine rings is 1. The van der Waals surface area contributed by atoms with Gasteiger partial charge in [0.1, 0.15) is 5.82 Å². The lowest BCUT2D eigenvalue weighted by Gasteiger charge is -2.32. The summed E-state index contributed by atoms with van der Waals surface area (Å²) in [5, 5.41) is 3.71. The molecule has 1 N–H and O–H groups in total. The Hall–Kier alpha value is -1.99. The van der Waals surface area contributed by atoms with E-state index in [9.17, 15) is 9.18 Å². The molecule has 1 atom stereocenters. The number of hydrogen-bond donors (Lipinski definition) is 1. The van der Waals surface area contributed by atoms with Crippen LogP contribution in [-0.2, 0) is 11.3 Å². The Balaban J connectivity index is 1.45. The lowest BCUT2D eigenvalue weighted by atomic mass is 9.93. The summed E-state index contributed by atoms with van der Waals surface area (Å²) in [6.07, 6.45) is 5.53. The van der Waals surface area contributed by atoms with Gasteiger partial charge in [-0.3, -0.25) is 9.69 Å². The van der Waals surface area contributed by atoms with E-state index < -0.39 is 5.82 Å². The van der Waals surface area contributed by atoms with Crippen molar-refractivity contribution in [1.82, 2.24) is 9.88 Å². The van der Waals surface area contributed by atoms with Gasteiger partial charge in [-0.2, -0.15) is 0 Å². The minimum atomic E-state index is -0.392. The average molecular weight is 391 g/mol. The van der Waals surface area contributed by atoms with Crippen LogP contribution in [0.4, 0.5) is 15.2 Å². The SMILES string of the molecule is CN(C)c1ncc(CN2CCCC(CCC(=O)Nc3ccccc3F)C2)s1. The van der Waals surface area contributed by atoms with Gasteiger partial charge in [0.25, 0.3) is 0 Å². The van der Waals surface area contributed by atoms with E-state index >= 15 is 0 Å². The summed E-state index contributed by atoms with van der Waals surface area (Å²) < 4.78 is 13.6. The van der Waals surface area contributed by atoms with Crippen molar-refractivity contribution in [3.63, 3.8) is 0 Å². The maximum absolute atomic E-state index is 13.6. The topological polar surface area (TPSA) is 48.5 Å². The third-order valence-electron chi connectivity index (χ3n) is 4.83.